The minimum absolute atomic E-state index is 0.115. The molecule has 0 aromatic heterocycles. The Morgan fingerprint density at radius 3 is 2.47 bits per heavy atom. The molecule has 0 saturated heterocycles. The zero-order chi connectivity index (χ0) is 11.3. The van der Waals surface area contributed by atoms with Gasteiger partial charge in [-0.25, -0.2) is 0 Å². The first-order valence-electron chi connectivity index (χ1n) is 6.16. The molecule has 1 amide bonds. The molecule has 1 aliphatic rings. The van der Waals surface area contributed by atoms with Gasteiger partial charge < -0.3 is 11.1 Å². The standard InChI is InChI=1S/C12H24N2O/c1-3-9(2)8-14-11-6-4-10(5-7-11)12(13)15/h9-11,14H,3-8H2,1-2H3,(H2,13,15). The molecule has 1 aliphatic carbocycles. The SMILES string of the molecule is CCC(C)CNC1CCC(C(N)=O)CC1. The monoisotopic (exact) mass is 212 g/mol. The van der Waals surface area contributed by atoms with E-state index in [4.69, 9.17) is 5.73 Å². The molecular weight excluding hydrogens is 188 g/mol. The van der Waals surface area contributed by atoms with Crippen molar-refractivity contribution in [3.05, 3.63) is 0 Å². The minimum Gasteiger partial charge on any atom is -0.369 e. The molecule has 0 bridgehead atoms. The first kappa shape index (κ1) is 12.5. The number of hydrogen-bond donors (Lipinski definition) is 2. The van der Waals surface area contributed by atoms with Crippen LogP contribution in [0.4, 0.5) is 0 Å². The maximum absolute atomic E-state index is 11.0. The highest BCUT2D eigenvalue weighted by atomic mass is 16.1. The van der Waals surface area contributed by atoms with Crippen LogP contribution in [0.25, 0.3) is 0 Å². The second-order valence-corrected chi connectivity index (χ2v) is 4.87. The maximum atomic E-state index is 11.0. The van der Waals surface area contributed by atoms with Crippen molar-refractivity contribution in [2.45, 2.75) is 52.0 Å². The molecular formula is C12H24N2O. The van der Waals surface area contributed by atoms with E-state index in [1.807, 2.05) is 0 Å². The normalized spacial score (nSPS) is 28.7. The van der Waals surface area contributed by atoms with Crippen molar-refractivity contribution in [3.63, 3.8) is 0 Å². The number of nitrogens with two attached hydrogens (primary N) is 1. The Kier molecular flexibility index (Phi) is 5.09. The van der Waals surface area contributed by atoms with Gasteiger partial charge >= 0.3 is 0 Å². The summed E-state index contributed by atoms with van der Waals surface area (Å²) >= 11 is 0. The smallest absolute Gasteiger partial charge is 0.220 e. The Morgan fingerprint density at radius 1 is 1.40 bits per heavy atom. The molecule has 0 radical (unpaired) electrons. The van der Waals surface area contributed by atoms with E-state index < -0.39 is 0 Å². The molecule has 3 nitrogen and oxygen atoms in total. The number of amides is 1. The van der Waals surface area contributed by atoms with E-state index in [-0.39, 0.29) is 11.8 Å². The van der Waals surface area contributed by atoms with Crippen LogP contribution in [0.2, 0.25) is 0 Å². The van der Waals surface area contributed by atoms with Crippen LogP contribution in [-0.4, -0.2) is 18.5 Å². The van der Waals surface area contributed by atoms with Gasteiger partial charge in [0.15, 0.2) is 0 Å². The molecule has 0 heterocycles. The Balaban J connectivity index is 2.17. The van der Waals surface area contributed by atoms with E-state index in [2.05, 4.69) is 19.2 Å². The highest BCUT2D eigenvalue weighted by Gasteiger charge is 2.24. The maximum Gasteiger partial charge on any atom is 0.220 e. The second-order valence-electron chi connectivity index (χ2n) is 4.87. The molecule has 1 saturated carbocycles. The molecule has 1 atom stereocenters. The zero-order valence-corrected chi connectivity index (χ0v) is 9.96. The van der Waals surface area contributed by atoms with E-state index in [1.165, 1.54) is 6.42 Å². The number of carbonyl (C=O) groups excluding carboxylic acids is 1. The van der Waals surface area contributed by atoms with Gasteiger partial charge in [0.2, 0.25) is 5.91 Å². The summed E-state index contributed by atoms with van der Waals surface area (Å²) in [6.07, 6.45) is 5.36. The van der Waals surface area contributed by atoms with E-state index in [9.17, 15) is 4.79 Å². The fraction of sp³-hybridized carbons (Fsp3) is 0.917. The molecule has 1 rings (SSSR count). The van der Waals surface area contributed by atoms with Crippen LogP contribution in [0.1, 0.15) is 46.0 Å². The highest BCUT2D eigenvalue weighted by molar-refractivity contribution is 5.76. The van der Waals surface area contributed by atoms with Gasteiger partial charge in [-0.15, -0.1) is 0 Å². The summed E-state index contributed by atoms with van der Waals surface area (Å²) in [6, 6.07) is 0.606. The van der Waals surface area contributed by atoms with Crippen LogP contribution in [0.5, 0.6) is 0 Å². The number of primary amides is 1. The third-order valence-electron chi connectivity index (χ3n) is 3.58. The molecule has 0 aliphatic heterocycles. The van der Waals surface area contributed by atoms with Crippen LogP contribution >= 0.6 is 0 Å². The van der Waals surface area contributed by atoms with Crippen LogP contribution in [0.15, 0.2) is 0 Å². The van der Waals surface area contributed by atoms with E-state index in [0.717, 1.165) is 38.1 Å². The molecule has 0 aromatic rings. The van der Waals surface area contributed by atoms with E-state index >= 15 is 0 Å². The first-order valence-corrected chi connectivity index (χ1v) is 6.16. The predicted octanol–water partition coefficient (Wildman–Crippen LogP) is 1.67. The molecule has 88 valence electrons. The lowest BCUT2D eigenvalue weighted by atomic mass is 9.85. The van der Waals surface area contributed by atoms with Gasteiger partial charge in [0, 0.05) is 12.0 Å². The summed E-state index contributed by atoms with van der Waals surface area (Å²) < 4.78 is 0. The number of carbonyl (C=O) groups is 1. The molecule has 15 heavy (non-hydrogen) atoms. The summed E-state index contributed by atoms with van der Waals surface area (Å²) in [5.41, 5.74) is 5.30. The Morgan fingerprint density at radius 2 is 2.00 bits per heavy atom. The van der Waals surface area contributed by atoms with Crippen LogP contribution < -0.4 is 11.1 Å². The largest absolute Gasteiger partial charge is 0.369 e. The second kappa shape index (κ2) is 6.11. The third-order valence-corrected chi connectivity index (χ3v) is 3.58. The van der Waals surface area contributed by atoms with Gasteiger partial charge in [-0.2, -0.15) is 0 Å². The van der Waals surface area contributed by atoms with Crippen molar-refractivity contribution >= 4 is 5.91 Å². The van der Waals surface area contributed by atoms with Crippen molar-refractivity contribution in [1.82, 2.24) is 5.32 Å². The van der Waals surface area contributed by atoms with Gasteiger partial charge in [-0.05, 0) is 38.1 Å². The summed E-state index contributed by atoms with van der Waals surface area (Å²) in [7, 11) is 0. The summed E-state index contributed by atoms with van der Waals surface area (Å²) in [4.78, 5) is 11.0. The summed E-state index contributed by atoms with van der Waals surface area (Å²) in [5.74, 6) is 0.765. The predicted molar refractivity (Wildman–Crippen MR) is 62.4 cm³/mol. The highest BCUT2D eigenvalue weighted by Crippen LogP contribution is 2.23. The number of nitrogens with one attached hydrogen (secondary N) is 1. The summed E-state index contributed by atoms with van der Waals surface area (Å²) in [6.45, 7) is 5.58. The van der Waals surface area contributed by atoms with Crippen LogP contribution in [-0.2, 0) is 4.79 Å². The van der Waals surface area contributed by atoms with Crippen molar-refractivity contribution in [1.29, 1.82) is 0 Å². The number of hydrogen-bond acceptors (Lipinski definition) is 2. The van der Waals surface area contributed by atoms with Gasteiger partial charge in [-0.1, -0.05) is 20.3 Å². The van der Waals surface area contributed by atoms with Gasteiger partial charge in [-0.3, -0.25) is 4.79 Å². The molecule has 1 unspecified atom stereocenters. The Bertz CT molecular complexity index is 198. The molecule has 3 heteroatoms. The average molecular weight is 212 g/mol. The Hall–Kier alpha value is -0.570. The quantitative estimate of drug-likeness (QED) is 0.728. The van der Waals surface area contributed by atoms with Crippen molar-refractivity contribution in [2.24, 2.45) is 17.6 Å². The third kappa shape index (κ3) is 4.20. The first-order chi connectivity index (χ1) is 7.13. The molecule has 3 N–H and O–H groups in total. The fourth-order valence-electron chi connectivity index (χ4n) is 2.09. The topological polar surface area (TPSA) is 55.1 Å². The summed E-state index contributed by atoms with van der Waals surface area (Å²) in [5, 5.41) is 3.58. The zero-order valence-electron chi connectivity index (χ0n) is 9.96. The van der Waals surface area contributed by atoms with E-state index in [1.54, 1.807) is 0 Å². The van der Waals surface area contributed by atoms with Gasteiger partial charge in [0.05, 0.1) is 0 Å². The molecule has 0 aromatic carbocycles. The molecule has 0 spiro atoms. The van der Waals surface area contributed by atoms with Crippen LogP contribution in [0, 0.1) is 11.8 Å². The van der Waals surface area contributed by atoms with Crippen molar-refractivity contribution in [3.8, 4) is 0 Å². The molecule has 1 fully saturated rings. The lowest BCUT2D eigenvalue weighted by Crippen LogP contribution is -2.38. The average Bonchev–Trinajstić information content (AvgIpc) is 2.26. The van der Waals surface area contributed by atoms with Crippen LogP contribution in [0.3, 0.4) is 0 Å². The fourth-order valence-corrected chi connectivity index (χ4v) is 2.09. The van der Waals surface area contributed by atoms with Crippen molar-refractivity contribution < 1.29 is 4.79 Å². The van der Waals surface area contributed by atoms with Crippen molar-refractivity contribution in [2.75, 3.05) is 6.54 Å². The van der Waals surface area contributed by atoms with Gasteiger partial charge in [0.25, 0.3) is 0 Å². The number of rotatable bonds is 5. The minimum atomic E-state index is -0.115. The Labute approximate surface area is 92.8 Å². The van der Waals surface area contributed by atoms with E-state index in [0.29, 0.717) is 6.04 Å². The lowest BCUT2D eigenvalue weighted by molar-refractivity contribution is -0.122. The lowest BCUT2D eigenvalue weighted by Gasteiger charge is -2.28. The van der Waals surface area contributed by atoms with Gasteiger partial charge in [0.1, 0.15) is 0 Å².